The number of nitrogens with two attached hydrogens (primary N) is 1. The number of likely N-dealkylation sites (tertiary alicyclic amines) is 1. The Balaban J connectivity index is 1.94. The topological polar surface area (TPSA) is 75.4 Å². The average molecular weight is 364 g/mol. The minimum absolute atomic E-state index is 0.0120. The van der Waals surface area contributed by atoms with Crippen molar-refractivity contribution in [2.75, 3.05) is 25.0 Å². The maximum Gasteiger partial charge on any atom is 0.416 e. The van der Waals surface area contributed by atoms with E-state index in [9.17, 15) is 22.8 Å². The molecule has 1 aliphatic rings. The first-order valence-electron chi connectivity index (χ1n) is 7.35. The molecule has 0 spiro atoms. The Labute approximate surface area is 141 Å². The molecular weight excluding hydrogens is 347 g/mol. The van der Waals surface area contributed by atoms with Crippen LogP contribution in [-0.2, 0) is 15.8 Å². The monoisotopic (exact) mass is 363 g/mol. The molecular formula is C15H17ClF3N3O2. The van der Waals surface area contributed by atoms with Crippen molar-refractivity contribution in [2.45, 2.75) is 19.0 Å². The number of piperidine rings is 1. The highest BCUT2D eigenvalue weighted by molar-refractivity contribution is 6.33. The van der Waals surface area contributed by atoms with Gasteiger partial charge in [0.1, 0.15) is 0 Å². The number of rotatable bonds is 4. The van der Waals surface area contributed by atoms with Gasteiger partial charge in [-0.2, -0.15) is 13.2 Å². The predicted molar refractivity (Wildman–Crippen MR) is 83.4 cm³/mol. The number of benzene rings is 1. The van der Waals surface area contributed by atoms with Crippen LogP contribution < -0.4 is 11.1 Å². The van der Waals surface area contributed by atoms with Crippen molar-refractivity contribution >= 4 is 29.1 Å². The largest absolute Gasteiger partial charge is 0.416 e. The van der Waals surface area contributed by atoms with Crippen LogP contribution in [0.25, 0.3) is 0 Å². The third-order valence-corrected chi connectivity index (χ3v) is 4.25. The van der Waals surface area contributed by atoms with Crippen molar-refractivity contribution in [2.24, 2.45) is 11.7 Å². The predicted octanol–water partition coefficient (Wildman–Crippen LogP) is 2.49. The van der Waals surface area contributed by atoms with E-state index in [1.165, 1.54) is 0 Å². The van der Waals surface area contributed by atoms with E-state index in [4.69, 9.17) is 17.3 Å². The minimum atomic E-state index is -4.51. The number of hydrogen-bond acceptors (Lipinski definition) is 3. The Morgan fingerprint density at radius 2 is 1.92 bits per heavy atom. The van der Waals surface area contributed by atoms with Gasteiger partial charge in [0.2, 0.25) is 11.8 Å². The Morgan fingerprint density at radius 1 is 1.29 bits per heavy atom. The quantitative estimate of drug-likeness (QED) is 0.863. The first-order valence-corrected chi connectivity index (χ1v) is 7.73. The Hall–Kier alpha value is -1.80. The summed E-state index contributed by atoms with van der Waals surface area (Å²) in [6.07, 6.45) is -3.39. The van der Waals surface area contributed by atoms with Crippen molar-refractivity contribution in [3.05, 3.63) is 28.8 Å². The van der Waals surface area contributed by atoms with E-state index in [0.717, 1.165) is 18.2 Å². The van der Waals surface area contributed by atoms with Crippen molar-refractivity contribution in [3.8, 4) is 0 Å². The Bertz CT molecular complexity index is 629. The van der Waals surface area contributed by atoms with Crippen molar-refractivity contribution < 1.29 is 22.8 Å². The van der Waals surface area contributed by atoms with Crippen molar-refractivity contribution in [3.63, 3.8) is 0 Å². The normalized spacial score (nSPS) is 16.8. The molecule has 1 aromatic carbocycles. The van der Waals surface area contributed by atoms with Gasteiger partial charge in [-0.15, -0.1) is 0 Å². The second-order valence-corrected chi connectivity index (χ2v) is 6.10. The van der Waals surface area contributed by atoms with Crippen LogP contribution in [0.15, 0.2) is 18.2 Å². The molecule has 0 bridgehead atoms. The maximum absolute atomic E-state index is 12.7. The summed E-state index contributed by atoms with van der Waals surface area (Å²) in [5, 5.41) is 2.43. The van der Waals surface area contributed by atoms with Crippen LogP contribution in [0.2, 0.25) is 5.02 Å². The zero-order valence-corrected chi connectivity index (χ0v) is 13.5. The molecule has 1 aliphatic heterocycles. The van der Waals surface area contributed by atoms with E-state index >= 15 is 0 Å². The molecule has 1 saturated heterocycles. The lowest BCUT2D eigenvalue weighted by atomic mass is 9.96. The fourth-order valence-corrected chi connectivity index (χ4v) is 2.73. The Morgan fingerprint density at radius 3 is 2.46 bits per heavy atom. The van der Waals surface area contributed by atoms with E-state index in [1.807, 2.05) is 4.90 Å². The van der Waals surface area contributed by atoms with Gasteiger partial charge in [0.05, 0.1) is 22.8 Å². The number of nitrogens with zero attached hydrogens (tertiary/aromatic N) is 1. The number of halogens is 4. The number of nitrogens with one attached hydrogen (secondary N) is 1. The summed E-state index contributed by atoms with van der Waals surface area (Å²) in [6.45, 7) is 1.06. The SMILES string of the molecule is NC(=O)C1CCN(CC(=O)Nc2cc(C(F)(F)F)ccc2Cl)CC1. The van der Waals surface area contributed by atoms with Crippen molar-refractivity contribution in [1.29, 1.82) is 0 Å². The van der Waals surface area contributed by atoms with E-state index in [1.54, 1.807) is 0 Å². The van der Waals surface area contributed by atoms with Crippen LogP contribution in [0.4, 0.5) is 18.9 Å². The molecule has 0 atom stereocenters. The third-order valence-electron chi connectivity index (χ3n) is 3.92. The number of primary amides is 1. The highest BCUT2D eigenvalue weighted by Gasteiger charge is 2.31. The van der Waals surface area contributed by atoms with Gasteiger partial charge in [-0.25, -0.2) is 0 Å². The summed E-state index contributed by atoms with van der Waals surface area (Å²) in [5.74, 6) is -1.01. The molecule has 0 saturated carbocycles. The lowest BCUT2D eigenvalue weighted by Crippen LogP contribution is -2.42. The molecule has 9 heteroatoms. The molecule has 2 rings (SSSR count). The highest BCUT2D eigenvalue weighted by Crippen LogP contribution is 2.33. The van der Waals surface area contributed by atoms with Gasteiger partial charge in [-0.3, -0.25) is 14.5 Å². The Kier molecular flexibility index (Phi) is 5.71. The number of hydrogen-bond donors (Lipinski definition) is 2. The number of amides is 2. The number of alkyl halides is 3. The third kappa shape index (κ3) is 4.85. The van der Waals surface area contributed by atoms with Gasteiger partial charge in [0, 0.05) is 5.92 Å². The molecule has 0 aromatic heterocycles. The van der Waals surface area contributed by atoms with Gasteiger partial charge in [-0.05, 0) is 44.1 Å². The molecule has 1 heterocycles. The van der Waals surface area contributed by atoms with Gasteiger partial charge < -0.3 is 11.1 Å². The fourth-order valence-electron chi connectivity index (χ4n) is 2.57. The van der Waals surface area contributed by atoms with E-state index in [2.05, 4.69) is 5.32 Å². The zero-order valence-electron chi connectivity index (χ0n) is 12.7. The summed E-state index contributed by atoms with van der Waals surface area (Å²) >= 11 is 5.84. The second kappa shape index (κ2) is 7.40. The highest BCUT2D eigenvalue weighted by atomic mass is 35.5. The van der Waals surface area contributed by atoms with Crippen LogP contribution in [0.3, 0.4) is 0 Å². The first kappa shape index (κ1) is 18.5. The maximum atomic E-state index is 12.7. The second-order valence-electron chi connectivity index (χ2n) is 5.69. The molecule has 3 N–H and O–H groups in total. The summed E-state index contributed by atoms with van der Waals surface area (Å²) in [4.78, 5) is 24.9. The summed E-state index contributed by atoms with van der Waals surface area (Å²) in [6, 6.07) is 2.75. The molecule has 1 aromatic rings. The van der Waals surface area contributed by atoms with Crippen LogP contribution in [0.1, 0.15) is 18.4 Å². The average Bonchev–Trinajstić information content (AvgIpc) is 2.48. The van der Waals surface area contributed by atoms with Gasteiger partial charge in [-0.1, -0.05) is 11.6 Å². The van der Waals surface area contributed by atoms with Gasteiger partial charge >= 0.3 is 6.18 Å². The van der Waals surface area contributed by atoms with Crippen LogP contribution >= 0.6 is 11.6 Å². The van der Waals surface area contributed by atoms with Crippen LogP contribution in [-0.4, -0.2) is 36.3 Å². The lowest BCUT2D eigenvalue weighted by molar-refractivity contribution is -0.137. The molecule has 24 heavy (non-hydrogen) atoms. The molecule has 1 fully saturated rings. The number of anilines is 1. The smallest absolute Gasteiger partial charge is 0.369 e. The number of carbonyl (C=O) groups excluding carboxylic acids is 2. The lowest BCUT2D eigenvalue weighted by Gasteiger charge is -2.29. The summed E-state index contributed by atoms with van der Waals surface area (Å²) in [5.41, 5.74) is 4.27. The summed E-state index contributed by atoms with van der Waals surface area (Å²) < 4.78 is 38.1. The molecule has 2 amide bonds. The first-order chi connectivity index (χ1) is 11.2. The molecule has 0 radical (unpaired) electrons. The molecule has 132 valence electrons. The minimum Gasteiger partial charge on any atom is -0.369 e. The molecule has 0 aliphatic carbocycles. The fraction of sp³-hybridized carbons (Fsp3) is 0.467. The summed E-state index contributed by atoms with van der Waals surface area (Å²) in [7, 11) is 0. The molecule has 5 nitrogen and oxygen atoms in total. The van der Waals surface area contributed by atoms with Crippen LogP contribution in [0.5, 0.6) is 0 Å². The number of carbonyl (C=O) groups is 2. The zero-order chi connectivity index (χ0) is 17.9. The van der Waals surface area contributed by atoms with E-state index in [-0.39, 0.29) is 29.1 Å². The van der Waals surface area contributed by atoms with Crippen LogP contribution in [0, 0.1) is 5.92 Å². The van der Waals surface area contributed by atoms with E-state index in [0.29, 0.717) is 25.9 Å². The van der Waals surface area contributed by atoms with E-state index < -0.39 is 17.6 Å². The van der Waals surface area contributed by atoms with Gasteiger partial charge in [0.15, 0.2) is 0 Å². The van der Waals surface area contributed by atoms with Crippen molar-refractivity contribution in [1.82, 2.24) is 4.90 Å². The standard InChI is InChI=1S/C15H17ClF3N3O2/c16-11-2-1-10(15(17,18)19)7-12(11)21-13(23)8-22-5-3-9(4-6-22)14(20)24/h1-2,7,9H,3-6,8H2,(H2,20,24)(H,21,23). The molecule has 0 unspecified atom stereocenters. The van der Waals surface area contributed by atoms with Gasteiger partial charge in [0.25, 0.3) is 0 Å².